The quantitative estimate of drug-likeness (QED) is 0.900. The lowest BCUT2D eigenvalue weighted by molar-refractivity contribution is 0.561. The number of nitrogens with one attached hydrogen (secondary N) is 1. The lowest BCUT2D eigenvalue weighted by atomic mass is 10.1. The topological polar surface area (TPSA) is 42.7 Å². The number of hydrogen-bond donors (Lipinski definition) is 1. The smallest absolute Gasteiger partial charge is 0.0948 e. The molecule has 17 heavy (non-hydrogen) atoms. The lowest BCUT2D eigenvalue weighted by Gasteiger charge is -2.13. The number of imidazole rings is 1. The van der Waals surface area contributed by atoms with E-state index in [1.54, 1.807) is 11.3 Å². The fourth-order valence-corrected chi connectivity index (χ4v) is 2.93. The molecule has 3 heterocycles. The summed E-state index contributed by atoms with van der Waals surface area (Å²) in [4.78, 5) is 8.58. The minimum atomic E-state index is 0.493. The van der Waals surface area contributed by atoms with Crippen LogP contribution < -0.4 is 5.32 Å². The second-order valence-corrected chi connectivity index (χ2v) is 5.11. The first-order valence-corrected chi connectivity index (χ1v) is 6.98. The van der Waals surface area contributed by atoms with E-state index in [1.165, 1.54) is 24.2 Å². The average molecular weight is 248 g/mol. The molecule has 2 aromatic rings. The summed E-state index contributed by atoms with van der Waals surface area (Å²) >= 11 is 1.66. The van der Waals surface area contributed by atoms with Gasteiger partial charge in [-0.15, -0.1) is 11.3 Å². The third-order valence-corrected chi connectivity index (χ3v) is 3.89. The van der Waals surface area contributed by atoms with Gasteiger partial charge >= 0.3 is 0 Å². The first kappa shape index (κ1) is 10.9. The highest BCUT2D eigenvalue weighted by Crippen LogP contribution is 2.22. The molecular weight excluding hydrogens is 232 g/mol. The third kappa shape index (κ3) is 2.40. The van der Waals surface area contributed by atoms with Crippen molar-refractivity contribution in [2.45, 2.75) is 31.8 Å². The van der Waals surface area contributed by atoms with E-state index >= 15 is 0 Å². The van der Waals surface area contributed by atoms with Gasteiger partial charge < -0.3 is 9.88 Å². The first-order chi connectivity index (χ1) is 8.43. The molecule has 0 bridgehead atoms. The van der Waals surface area contributed by atoms with Crippen LogP contribution in [0.1, 0.15) is 30.3 Å². The molecule has 0 saturated carbocycles. The summed E-state index contributed by atoms with van der Waals surface area (Å²) in [6.45, 7) is 2.10. The third-order valence-electron chi connectivity index (χ3n) is 3.25. The van der Waals surface area contributed by atoms with E-state index in [0.717, 1.165) is 19.5 Å². The molecule has 1 atom stereocenters. The van der Waals surface area contributed by atoms with Crippen LogP contribution in [0.2, 0.25) is 0 Å². The molecule has 1 saturated heterocycles. The molecule has 1 fully saturated rings. The van der Waals surface area contributed by atoms with Crippen LogP contribution in [0.4, 0.5) is 0 Å². The molecule has 0 radical (unpaired) electrons. The van der Waals surface area contributed by atoms with Crippen molar-refractivity contribution in [2.24, 2.45) is 0 Å². The molecule has 2 aromatic heterocycles. The van der Waals surface area contributed by atoms with Crippen LogP contribution in [0.5, 0.6) is 0 Å². The van der Waals surface area contributed by atoms with Crippen molar-refractivity contribution in [3.05, 3.63) is 34.8 Å². The summed E-state index contributed by atoms with van der Waals surface area (Å²) in [6, 6.07) is 0.493. The molecule has 3 rings (SSSR count). The van der Waals surface area contributed by atoms with Crippen LogP contribution in [0, 0.1) is 0 Å². The maximum atomic E-state index is 4.31. The highest BCUT2D eigenvalue weighted by molar-refractivity contribution is 7.07. The Labute approximate surface area is 105 Å². The fourth-order valence-electron chi connectivity index (χ4n) is 2.34. The Bertz CT molecular complexity index is 457. The molecular formula is C12H16N4S. The van der Waals surface area contributed by atoms with Gasteiger partial charge in [0.2, 0.25) is 0 Å². The largest absolute Gasteiger partial charge is 0.333 e. The SMILES string of the molecule is c1nc(CCn2cncc2[C@@H]2CCCN2)cs1. The zero-order chi connectivity index (χ0) is 11.5. The van der Waals surface area contributed by atoms with Gasteiger partial charge in [0, 0.05) is 30.6 Å². The van der Waals surface area contributed by atoms with Crippen molar-refractivity contribution < 1.29 is 0 Å². The van der Waals surface area contributed by atoms with Gasteiger partial charge in [-0.2, -0.15) is 0 Å². The van der Waals surface area contributed by atoms with E-state index < -0.39 is 0 Å². The standard InChI is InChI=1S/C12H16N4S/c1-2-11(14-4-1)12-6-13-8-16(12)5-3-10-7-17-9-15-10/h6-9,11,14H,1-5H2/t11-/m0/s1. The summed E-state index contributed by atoms with van der Waals surface area (Å²) in [5.74, 6) is 0. The van der Waals surface area contributed by atoms with Gasteiger partial charge in [0.25, 0.3) is 0 Å². The highest BCUT2D eigenvalue weighted by Gasteiger charge is 2.19. The Morgan fingerprint density at radius 2 is 2.53 bits per heavy atom. The van der Waals surface area contributed by atoms with Gasteiger partial charge in [-0.1, -0.05) is 0 Å². The van der Waals surface area contributed by atoms with Crippen LogP contribution in [-0.2, 0) is 13.0 Å². The predicted molar refractivity (Wildman–Crippen MR) is 68.0 cm³/mol. The zero-order valence-corrected chi connectivity index (χ0v) is 10.5. The fraction of sp³-hybridized carbons (Fsp3) is 0.500. The molecule has 0 spiro atoms. The maximum Gasteiger partial charge on any atom is 0.0948 e. The second kappa shape index (κ2) is 4.98. The predicted octanol–water partition coefficient (Wildman–Crippen LogP) is 2.01. The van der Waals surface area contributed by atoms with Crippen molar-refractivity contribution in [2.75, 3.05) is 6.54 Å². The Morgan fingerprint density at radius 3 is 3.29 bits per heavy atom. The van der Waals surface area contributed by atoms with Crippen molar-refractivity contribution in [3.8, 4) is 0 Å². The molecule has 5 heteroatoms. The lowest BCUT2D eigenvalue weighted by Crippen LogP contribution is -2.17. The number of nitrogens with zero attached hydrogens (tertiary/aromatic N) is 3. The monoisotopic (exact) mass is 248 g/mol. The summed E-state index contributed by atoms with van der Waals surface area (Å²) in [5.41, 5.74) is 4.38. The molecule has 4 nitrogen and oxygen atoms in total. The Hall–Kier alpha value is -1.20. The minimum absolute atomic E-state index is 0.493. The Balaban J connectivity index is 1.68. The normalized spacial score (nSPS) is 19.9. The molecule has 1 aliphatic heterocycles. The van der Waals surface area contributed by atoms with Crippen LogP contribution in [0.3, 0.4) is 0 Å². The zero-order valence-electron chi connectivity index (χ0n) is 9.67. The highest BCUT2D eigenvalue weighted by atomic mass is 32.1. The molecule has 1 N–H and O–H groups in total. The van der Waals surface area contributed by atoms with Gasteiger partial charge in [0.05, 0.1) is 23.2 Å². The summed E-state index contributed by atoms with van der Waals surface area (Å²) in [7, 11) is 0. The Kier molecular flexibility index (Phi) is 3.20. The molecule has 0 unspecified atom stereocenters. The van der Waals surface area contributed by atoms with Crippen LogP contribution >= 0.6 is 11.3 Å². The van der Waals surface area contributed by atoms with Gasteiger partial charge in [-0.3, -0.25) is 0 Å². The van der Waals surface area contributed by atoms with Crippen LogP contribution in [0.15, 0.2) is 23.4 Å². The number of hydrogen-bond acceptors (Lipinski definition) is 4. The number of aryl methyl sites for hydroxylation is 2. The number of aromatic nitrogens is 3. The van der Waals surface area contributed by atoms with Gasteiger partial charge in [-0.05, 0) is 19.4 Å². The molecule has 0 aromatic carbocycles. The number of rotatable bonds is 4. The molecule has 90 valence electrons. The van der Waals surface area contributed by atoms with E-state index in [-0.39, 0.29) is 0 Å². The van der Waals surface area contributed by atoms with Gasteiger partial charge in [0.1, 0.15) is 0 Å². The van der Waals surface area contributed by atoms with E-state index in [2.05, 4.69) is 25.2 Å². The average Bonchev–Trinajstić information content (AvgIpc) is 3.09. The summed E-state index contributed by atoms with van der Waals surface area (Å²) in [6.07, 6.45) is 7.40. The van der Waals surface area contributed by atoms with E-state index in [4.69, 9.17) is 0 Å². The minimum Gasteiger partial charge on any atom is -0.333 e. The number of thiazole rings is 1. The Morgan fingerprint density at radius 1 is 1.53 bits per heavy atom. The molecule has 0 amide bonds. The van der Waals surface area contributed by atoms with Crippen molar-refractivity contribution >= 4 is 11.3 Å². The first-order valence-electron chi connectivity index (χ1n) is 6.04. The van der Waals surface area contributed by atoms with E-state index in [0.29, 0.717) is 6.04 Å². The van der Waals surface area contributed by atoms with Crippen LogP contribution in [-0.4, -0.2) is 21.1 Å². The summed E-state index contributed by atoms with van der Waals surface area (Å²) < 4.78 is 2.25. The molecule has 0 aliphatic carbocycles. The van der Waals surface area contributed by atoms with Crippen LogP contribution in [0.25, 0.3) is 0 Å². The molecule has 1 aliphatic rings. The maximum absolute atomic E-state index is 4.31. The van der Waals surface area contributed by atoms with Crippen molar-refractivity contribution in [1.82, 2.24) is 19.9 Å². The van der Waals surface area contributed by atoms with Crippen molar-refractivity contribution in [1.29, 1.82) is 0 Å². The van der Waals surface area contributed by atoms with E-state index in [9.17, 15) is 0 Å². The van der Waals surface area contributed by atoms with Gasteiger partial charge in [0.15, 0.2) is 0 Å². The summed E-state index contributed by atoms with van der Waals surface area (Å²) in [5, 5.41) is 5.63. The van der Waals surface area contributed by atoms with Crippen molar-refractivity contribution in [3.63, 3.8) is 0 Å². The second-order valence-electron chi connectivity index (χ2n) is 4.39. The van der Waals surface area contributed by atoms with Gasteiger partial charge in [-0.25, -0.2) is 9.97 Å². The van der Waals surface area contributed by atoms with E-state index in [1.807, 2.05) is 18.0 Å².